The Morgan fingerprint density at radius 2 is 1.88 bits per heavy atom. The Kier molecular flexibility index (Phi) is 6.19. The van der Waals surface area contributed by atoms with Crippen molar-refractivity contribution in [1.82, 2.24) is 0 Å². The van der Waals surface area contributed by atoms with E-state index < -0.39 is 5.82 Å². The van der Waals surface area contributed by atoms with Crippen molar-refractivity contribution >= 4 is 46.2 Å². The molecule has 0 bridgehead atoms. The minimum absolute atomic E-state index is 0.0192. The summed E-state index contributed by atoms with van der Waals surface area (Å²) in [5.41, 5.74) is 2.09. The molecule has 0 aliphatic carbocycles. The number of carbonyl (C=O) groups excluding carboxylic acids is 1. The number of morpholine rings is 1. The molecular weight excluding hydrogens is 380 g/mol. The van der Waals surface area contributed by atoms with Gasteiger partial charge in [0, 0.05) is 18.1 Å². The molecule has 1 amide bonds. The number of nitrogens with one attached hydrogen (secondary N) is 2. The van der Waals surface area contributed by atoms with Crippen molar-refractivity contribution in [1.29, 1.82) is 0 Å². The second kappa shape index (κ2) is 8.58. The first-order valence-electron chi connectivity index (χ1n) is 8.14. The summed E-state index contributed by atoms with van der Waals surface area (Å²) in [5.74, 6) is -0.758. The van der Waals surface area contributed by atoms with Gasteiger partial charge in [-0.15, -0.1) is 0 Å². The van der Waals surface area contributed by atoms with Crippen molar-refractivity contribution in [2.45, 2.75) is 0 Å². The number of halogens is 3. The maximum atomic E-state index is 13.1. The zero-order valence-corrected chi connectivity index (χ0v) is 15.4. The number of ether oxygens (including phenoxy) is 1. The number of anilines is 3. The van der Waals surface area contributed by atoms with E-state index in [1.807, 2.05) is 12.1 Å². The largest absolute Gasteiger partial charge is 0.378 e. The fourth-order valence-electron chi connectivity index (χ4n) is 2.69. The molecule has 1 heterocycles. The second-order valence-corrected chi connectivity index (χ2v) is 6.63. The fourth-order valence-corrected chi connectivity index (χ4v) is 3.08. The highest BCUT2D eigenvalue weighted by molar-refractivity contribution is 6.33. The average molecular weight is 398 g/mol. The molecule has 8 heteroatoms. The summed E-state index contributed by atoms with van der Waals surface area (Å²) in [4.78, 5) is 14.4. The van der Waals surface area contributed by atoms with Crippen molar-refractivity contribution in [2.24, 2.45) is 0 Å². The topological polar surface area (TPSA) is 53.6 Å². The number of carbonyl (C=O) groups is 1. The third-order valence-corrected chi connectivity index (χ3v) is 4.50. The van der Waals surface area contributed by atoms with Gasteiger partial charge in [-0.1, -0.05) is 23.2 Å². The van der Waals surface area contributed by atoms with E-state index in [0.717, 1.165) is 30.5 Å². The van der Waals surface area contributed by atoms with Gasteiger partial charge in [-0.2, -0.15) is 0 Å². The van der Waals surface area contributed by atoms with E-state index >= 15 is 0 Å². The highest BCUT2D eigenvalue weighted by Gasteiger charge is 2.16. The summed E-state index contributed by atoms with van der Waals surface area (Å²) < 4.78 is 18.5. The van der Waals surface area contributed by atoms with Crippen LogP contribution in [0.15, 0.2) is 36.4 Å². The molecule has 1 aliphatic heterocycles. The van der Waals surface area contributed by atoms with Crippen LogP contribution in [0.2, 0.25) is 10.0 Å². The number of hydrogen-bond acceptors (Lipinski definition) is 4. The van der Waals surface area contributed by atoms with E-state index in [9.17, 15) is 9.18 Å². The van der Waals surface area contributed by atoms with Gasteiger partial charge in [-0.25, -0.2) is 4.39 Å². The van der Waals surface area contributed by atoms with Crippen molar-refractivity contribution in [3.63, 3.8) is 0 Å². The summed E-state index contributed by atoms with van der Waals surface area (Å²) in [6.07, 6.45) is 0. The summed E-state index contributed by atoms with van der Waals surface area (Å²) in [5, 5.41) is 6.48. The lowest BCUT2D eigenvalue weighted by Gasteiger charge is -2.30. The van der Waals surface area contributed by atoms with E-state index in [2.05, 4.69) is 15.5 Å². The van der Waals surface area contributed by atoms with Crippen LogP contribution in [0.1, 0.15) is 0 Å². The first-order valence-corrected chi connectivity index (χ1v) is 8.89. The average Bonchev–Trinajstić information content (AvgIpc) is 2.63. The third-order valence-electron chi connectivity index (χ3n) is 3.95. The molecule has 0 aromatic heterocycles. The molecule has 3 rings (SSSR count). The molecule has 26 heavy (non-hydrogen) atoms. The van der Waals surface area contributed by atoms with Crippen molar-refractivity contribution < 1.29 is 13.9 Å². The Labute approximate surface area is 161 Å². The molecule has 1 saturated heterocycles. The van der Waals surface area contributed by atoms with Gasteiger partial charge in [0.2, 0.25) is 5.91 Å². The number of nitrogens with zero attached hydrogens (tertiary/aromatic N) is 1. The van der Waals surface area contributed by atoms with Crippen LogP contribution >= 0.6 is 23.2 Å². The van der Waals surface area contributed by atoms with Crippen molar-refractivity contribution in [3.8, 4) is 0 Å². The molecule has 2 aromatic carbocycles. The summed E-state index contributed by atoms with van der Waals surface area (Å²) >= 11 is 12.0. The number of hydrogen-bond donors (Lipinski definition) is 2. The number of rotatable bonds is 5. The molecule has 2 aromatic rings. The van der Waals surface area contributed by atoms with Crippen LogP contribution in [0.5, 0.6) is 0 Å². The molecule has 0 saturated carbocycles. The standard InChI is InChI=1S/C18H18Cl2FN3O2/c19-12-1-4-17(24-5-7-26-8-6-24)16(9-12)22-11-18(25)23-15-3-2-13(21)10-14(15)20/h1-4,9-10,22H,5-8,11H2,(H,23,25). The van der Waals surface area contributed by atoms with Crippen LogP contribution in [0.25, 0.3) is 0 Å². The van der Waals surface area contributed by atoms with Gasteiger partial charge in [0.1, 0.15) is 5.82 Å². The first kappa shape index (κ1) is 18.8. The Hall–Kier alpha value is -2.02. The van der Waals surface area contributed by atoms with Crippen LogP contribution in [0, 0.1) is 5.82 Å². The van der Waals surface area contributed by atoms with Crippen molar-refractivity contribution in [2.75, 3.05) is 48.4 Å². The van der Waals surface area contributed by atoms with Crippen LogP contribution < -0.4 is 15.5 Å². The monoisotopic (exact) mass is 397 g/mol. The molecule has 0 spiro atoms. The second-order valence-electron chi connectivity index (χ2n) is 5.79. The highest BCUT2D eigenvalue weighted by atomic mass is 35.5. The molecule has 1 aliphatic rings. The van der Waals surface area contributed by atoms with Crippen LogP contribution in [0.4, 0.5) is 21.5 Å². The van der Waals surface area contributed by atoms with Crippen LogP contribution in [0.3, 0.4) is 0 Å². The molecule has 138 valence electrons. The molecule has 2 N–H and O–H groups in total. The Bertz CT molecular complexity index is 798. The minimum atomic E-state index is -0.458. The maximum absolute atomic E-state index is 13.1. The SMILES string of the molecule is O=C(CNc1cc(Cl)ccc1N1CCOCC1)Nc1ccc(F)cc1Cl. The molecule has 0 atom stereocenters. The van der Waals surface area contributed by atoms with Gasteiger partial charge in [0.25, 0.3) is 0 Å². The molecular formula is C18H18Cl2FN3O2. The molecule has 0 unspecified atom stereocenters. The van der Waals surface area contributed by atoms with E-state index in [4.69, 9.17) is 27.9 Å². The Morgan fingerprint density at radius 3 is 2.62 bits per heavy atom. The highest BCUT2D eigenvalue weighted by Crippen LogP contribution is 2.30. The zero-order valence-electron chi connectivity index (χ0n) is 13.9. The summed E-state index contributed by atoms with van der Waals surface area (Å²) in [6, 6.07) is 9.33. The summed E-state index contributed by atoms with van der Waals surface area (Å²) in [6.45, 7) is 2.88. The molecule has 1 fully saturated rings. The number of benzene rings is 2. The quantitative estimate of drug-likeness (QED) is 0.799. The van der Waals surface area contributed by atoms with Crippen LogP contribution in [-0.4, -0.2) is 38.8 Å². The van der Waals surface area contributed by atoms with Crippen molar-refractivity contribution in [3.05, 3.63) is 52.3 Å². The fraction of sp³-hybridized carbons (Fsp3) is 0.278. The lowest BCUT2D eigenvalue weighted by atomic mass is 10.2. The minimum Gasteiger partial charge on any atom is -0.378 e. The Balaban J connectivity index is 1.66. The van der Waals surface area contributed by atoms with E-state index in [0.29, 0.717) is 23.9 Å². The van der Waals surface area contributed by atoms with Gasteiger partial charge in [-0.05, 0) is 36.4 Å². The Morgan fingerprint density at radius 1 is 1.12 bits per heavy atom. The third kappa shape index (κ3) is 4.78. The lowest BCUT2D eigenvalue weighted by molar-refractivity contribution is -0.114. The number of amides is 1. The van der Waals surface area contributed by atoms with E-state index in [1.54, 1.807) is 6.07 Å². The zero-order chi connectivity index (χ0) is 18.5. The lowest BCUT2D eigenvalue weighted by Crippen LogP contribution is -2.36. The summed E-state index contributed by atoms with van der Waals surface area (Å²) in [7, 11) is 0. The van der Waals surface area contributed by atoms with Gasteiger partial charge in [0.15, 0.2) is 0 Å². The molecule has 5 nitrogen and oxygen atoms in total. The van der Waals surface area contributed by atoms with Gasteiger partial charge in [-0.3, -0.25) is 4.79 Å². The predicted octanol–water partition coefficient (Wildman–Crippen LogP) is 4.02. The predicted molar refractivity (Wildman–Crippen MR) is 103 cm³/mol. The van der Waals surface area contributed by atoms with Crippen LogP contribution in [-0.2, 0) is 9.53 Å². The maximum Gasteiger partial charge on any atom is 0.243 e. The molecule has 0 radical (unpaired) electrons. The normalized spacial score (nSPS) is 14.2. The van der Waals surface area contributed by atoms with Gasteiger partial charge < -0.3 is 20.3 Å². The van der Waals surface area contributed by atoms with Gasteiger partial charge >= 0.3 is 0 Å². The van der Waals surface area contributed by atoms with E-state index in [-0.39, 0.29) is 17.5 Å². The smallest absolute Gasteiger partial charge is 0.243 e. The van der Waals surface area contributed by atoms with E-state index in [1.165, 1.54) is 12.1 Å². The van der Waals surface area contributed by atoms with Gasteiger partial charge in [0.05, 0.1) is 41.8 Å². The first-order chi connectivity index (χ1) is 12.5.